The first kappa shape index (κ1) is 18.0. The first-order valence-corrected chi connectivity index (χ1v) is 10.1. The summed E-state index contributed by atoms with van der Waals surface area (Å²) in [6.07, 6.45) is 5.47. The number of nitrogens with zero attached hydrogens (tertiary/aromatic N) is 1. The van der Waals surface area contributed by atoms with Gasteiger partial charge in [-0.15, -0.1) is 0 Å². The van der Waals surface area contributed by atoms with Gasteiger partial charge in [-0.25, -0.2) is 0 Å². The highest BCUT2D eigenvalue weighted by molar-refractivity contribution is 5.81. The highest BCUT2D eigenvalue weighted by Gasteiger charge is 2.42. The molecule has 5 nitrogen and oxygen atoms in total. The van der Waals surface area contributed by atoms with Crippen molar-refractivity contribution in [3.8, 4) is 0 Å². The molecule has 26 heavy (non-hydrogen) atoms. The number of fused-ring (bicyclic) bond motifs is 1. The highest BCUT2D eigenvalue weighted by Crippen LogP contribution is 2.33. The van der Waals surface area contributed by atoms with Crippen LogP contribution < -0.4 is 5.32 Å². The number of rotatable bonds is 7. The summed E-state index contributed by atoms with van der Waals surface area (Å²) in [5, 5.41) is 3.14. The SMILES string of the molecule is O=C(NC1CCC1)[C@H]1C[C@@H]2CCN(CCOCc3ccccc3)C[C@H]2O1. The molecule has 1 aliphatic carbocycles. The Morgan fingerprint density at radius 3 is 2.85 bits per heavy atom. The van der Waals surface area contributed by atoms with E-state index in [1.165, 1.54) is 12.0 Å². The van der Waals surface area contributed by atoms with Crippen LogP contribution in [0.15, 0.2) is 30.3 Å². The normalized spacial score (nSPS) is 29.2. The Morgan fingerprint density at radius 1 is 1.23 bits per heavy atom. The van der Waals surface area contributed by atoms with Crippen molar-refractivity contribution in [3.63, 3.8) is 0 Å². The van der Waals surface area contributed by atoms with Gasteiger partial charge in [0.05, 0.1) is 19.3 Å². The number of carbonyl (C=O) groups is 1. The van der Waals surface area contributed by atoms with Crippen molar-refractivity contribution in [2.75, 3.05) is 26.2 Å². The fourth-order valence-electron chi connectivity index (χ4n) is 4.17. The van der Waals surface area contributed by atoms with Gasteiger partial charge in [-0.1, -0.05) is 30.3 Å². The van der Waals surface area contributed by atoms with E-state index in [0.717, 1.165) is 51.9 Å². The number of hydrogen-bond donors (Lipinski definition) is 1. The Balaban J connectivity index is 1.16. The number of piperidine rings is 1. The third-order valence-corrected chi connectivity index (χ3v) is 6.04. The summed E-state index contributed by atoms with van der Waals surface area (Å²) < 4.78 is 11.9. The third kappa shape index (κ3) is 4.45. The van der Waals surface area contributed by atoms with Crippen LogP contribution in [0.1, 0.15) is 37.7 Å². The maximum Gasteiger partial charge on any atom is 0.249 e. The lowest BCUT2D eigenvalue weighted by atomic mass is 9.90. The van der Waals surface area contributed by atoms with Crippen molar-refractivity contribution in [1.29, 1.82) is 0 Å². The van der Waals surface area contributed by atoms with Crippen LogP contribution in [0.3, 0.4) is 0 Å². The van der Waals surface area contributed by atoms with Gasteiger partial charge in [0, 0.05) is 19.1 Å². The third-order valence-electron chi connectivity index (χ3n) is 6.04. The van der Waals surface area contributed by atoms with Gasteiger partial charge in [0.25, 0.3) is 0 Å². The number of amides is 1. The van der Waals surface area contributed by atoms with Crippen LogP contribution in [0.4, 0.5) is 0 Å². The first-order valence-electron chi connectivity index (χ1n) is 10.1. The molecule has 0 unspecified atom stereocenters. The molecule has 0 spiro atoms. The maximum absolute atomic E-state index is 12.3. The van der Waals surface area contributed by atoms with Crippen molar-refractivity contribution < 1.29 is 14.3 Å². The summed E-state index contributed by atoms with van der Waals surface area (Å²) in [7, 11) is 0. The second kappa shape index (κ2) is 8.51. The molecular formula is C21H30N2O3. The lowest BCUT2D eigenvalue weighted by molar-refractivity contribution is -0.134. The molecule has 1 aromatic rings. The summed E-state index contributed by atoms with van der Waals surface area (Å²) in [5.41, 5.74) is 1.21. The molecule has 0 radical (unpaired) electrons. The number of ether oxygens (including phenoxy) is 2. The molecule has 1 aromatic carbocycles. The molecule has 5 heteroatoms. The largest absolute Gasteiger partial charge is 0.375 e. The topological polar surface area (TPSA) is 50.8 Å². The molecule has 4 rings (SSSR count). The average Bonchev–Trinajstić information content (AvgIpc) is 3.06. The minimum Gasteiger partial charge on any atom is -0.375 e. The molecule has 0 aromatic heterocycles. The van der Waals surface area contributed by atoms with Crippen LogP contribution in [0.5, 0.6) is 0 Å². The van der Waals surface area contributed by atoms with Crippen LogP contribution >= 0.6 is 0 Å². The van der Waals surface area contributed by atoms with E-state index in [9.17, 15) is 4.79 Å². The zero-order valence-corrected chi connectivity index (χ0v) is 15.4. The van der Waals surface area contributed by atoms with Crippen LogP contribution in [0.25, 0.3) is 0 Å². The lowest BCUT2D eigenvalue weighted by Gasteiger charge is -2.33. The van der Waals surface area contributed by atoms with Gasteiger partial charge in [0.15, 0.2) is 0 Å². The van der Waals surface area contributed by atoms with Gasteiger partial charge in [0.1, 0.15) is 6.10 Å². The van der Waals surface area contributed by atoms with E-state index in [4.69, 9.17) is 9.47 Å². The molecule has 142 valence electrons. The van der Waals surface area contributed by atoms with E-state index in [1.54, 1.807) is 0 Å². The number of likely N-dealkylation sites (tertiary alicyclic amines) is 1. The summed E-state index contributed by atoms with van der Waals surface area (Å²) >= 11 is 0. The predicted octanol–water partition coefficient (Wildman–Crippen LogP) is 2.35. The Morgan fingerprint density at radius 2 is 2.08 bits per heavy atom. The van der Waals surface area contributed by atoms with Crippen molar-refractivity contribution >= 4 is 5.91 Å². The minimum absolute atomic E-state index is 0.113. The summed E-state index contributed by atoms with van der Waals surface area (Å²) in [4.78, 5) is 14.8. The molecule has 3 atom stereocenters. The first-order chi connectivity index (χ1) is 12.8. The Hall–Kier alpha value is -1.43. The van der Waals surface area contributed by atoms with Crippen molar-refractivity contribution in [3.05, 3.63) is 35.9 Å². The zero-order chi connectivity index (χ0) is 17.8. The van der Waals surface area contributed by atoms with Crippen molar-refractivity contribution in [2.45, 2.75) is 57.0 Å². The van der Waals surface area contributed by atoms with Crippen LogP contribution in [0, 0.1) is 5.92 Å². The van der Waals surface area contributed by atoms with Gasteiger partial charge >= 0.3 is 0 Å². The average molecular weight is 358 g/mol. The van der Waals surface area contributed by atoms with Crippen molar-refractivity contribution in [2.24, 2.45) is 5.92 Å². The Bertz CT molecular complexity index is 590. The molecule has 3 fully saturated rings. The molecular weight excluding hydrogens is 328 g/mol. The molecule has 3 aliphatic rings. The van der Waals surface area contributed by atoms with E-state index in [1.807, 2.05) is 18.2 Å². The lowest BCUT2D eigenvalue weighted by Crippen LogP contribution is -2.45. The predicted molar refractivity (Wildman–Crippen MR) is 99.7 cm³/mol. The fourth-order valence-corrected chi connectivity index (χ4v) is 4.17. The van der Waals surface area contributed by atoms with Gasteiger partial charge in [0.2, 0.25) is 5.91 Å². The van der Waals surface area contributed by atoms with E-state index in [2.05, 4.69) is 22.3 Å². The van der Waals surface area contributed by atoms with Gasteiger partial charge < -0.3 is 14.8 Å². The van der Waals surface area contributed by atoms with Crippen molar-refractivity contribution in [1.82, 2.24) is 10.2 Å². The smallest absolute Gasteiger partial charge is 0.249 e. The number of carbonyl (C=O) groups excluding carboxylic acids is 1. The molecule has 1 saturated carbocycles. The van der Waals surface area contributed by atoms with Gasteiger partial charge in [-0.05, 0) is 50.1 Å². The molecule has 2 aliphatic heterocycles. The van der Waals surface area contributed by atoms with E-state index in [-0.39, 0.29) is 18.1 Å². The summed E-state index contributed by atoms with van der Waals surface area (Å²) in [6, 6.07) is 10.7. The Kier molecular flexibility index (Phi) is 5.88. The molecule has 1 amide bonds. The number of benzene rings is 1. The number of hydrogen-bond acceptors (Lipinski definition) is 4. The van der Waals surface area contributed by atoms with E-state index < -0.39 is 0 Å². The quantitative estimate of drug-likeness (QED) is 0.760. The zero-order valence-electron chi connectivity index (χ0n) is 15.4. The van der Waals surface area contributed by atoms with Crippen LogP contribution in [-0.2, 0) is 20.9 Å². The maximum atomic E-state index is 12.3. The summed E-state index contributed by atoms with van der Waals surface area (Å²) in [6.45, 7) is 4.33. The Labute approximate surface area is 156 Å². The molecule has 1 N–H and O–H groups in total. The van der Waals surface area contributed by atoms with Crippen LogP contribution in [-0.4, -0.2) is 55.3 Å². The van der Waals surface area contributed by atoms with E-state index >= 15 is 0 Å². The monoisotopic (exact) mass is 358 g/mol. The van der Waals surface area contributed by atoms with E-state index in [0.29, 0.717) is 18.6 Å². The molecule has 2 heterocycles. The van der Waals surface area contributed by atoms with Crippen LogP contribution in [0.2, 0.25) is 0 Å². The number of nitrogens with one attached hydrogen (secondary N) is 1. The van der Waals surface area contributed by atoms with Gasteiger partial charge in [-0.3, -0.25) is 9.69 Å². The summed E-state index contributed by atoms with van der Waals surface area (Å²) in [5.74, 6) is 0.649. The second-order valence-corrected chi connectivity index (χ2v) is 7.92. The molecule has 2 saturated heterocycles. The van der Waals surface area contributed by atoms with Gasteiger partial charge in [-0.2, -0.15) is 0 Å². The fraction of sp³-hybridized carbons (Fsp3) is 0.667. The minimum atomic E-state index is -0.236. The highest BCUT2D eigenvalue weighted by atomic mass is 16.5. The standard InChI is InChI=1S/C21H30N2O3/c24-21(22-18-7-4-8-18)19-13-17-9-10-23(14-20(17)26-19)11-12-25-15-16-5-2-1-3-6-16/h1-3,5-6,17-20H,4,7-15H2,(H,22,24)/t17-,19+,20+/m0/s1. The second-order valence-electron chi connectivity index (χ2n) is 7.92. The molecule has 0 bridgehead atoms.